The van der Waals surface area contributed by atoms with Crippen molar-refractivity contribution >= 4 is 23.2 Å². The molecule has 33 heavy (non-hydrogen) atoms. The molecule has 0 bridgehead atoms. The molecule has 6 nitrogen and oxygen atoms in total. The molecule has 2 aromatic rings. The number of carbonyl (C=O) groups is 2. The van der Waals surface area contributed by atoms with Gasteiger partial charge in [-0.25, -0.2) is 9.29 Å². The van der Waals surface area contributed by atoms with Crippen LogP contribution in [0, 0.1) is 5.82 Å². The van der Waals surface area contributed by atoms with Crippen LogP contribution in [0.1, 0.15) is 39.0 Å². The summed E-state index contributed by atoms with van der Waals surface area (Å²) in [6.07, 6.45) is 4.83. The summed E-state index contributed by atoms with van der Waals surface area (Å²) in [7, 11) is 0. The third kappa shape index (κ3) is 5.53. The van der Waals surface area contributed by atoms with E-state index in [9.17, 15) is 14.0 Å². The first kappa shape index (κ1) is 23.2. The first-order valence-electron chi connectivity index (χ1n) is 12.0. The van der Waals surface area contributed by atoms with Gasteiger partial charge in [-0.05, 0) is 55.0 Å². The van der Waals surface area contributed by atoms with Crippen molar-refractivity contribution in [1.29, 1.82) is 0 Å². The van der Waals surface area contributed by atoms with E-state index >= 15 is 0 Å². The van der Waals surface area contributed by atoms with Crippen molar-refractivity contribution in [3.8, 4) is 5.75 Å². The lowest BCUT2D eigenvalue weighted by Gasteiger charge is -2.35. The predicted molar refractivity (Wildman–Crippen MR) is 126 cm³/mol. The average Bonchev–Trinajstić information content (AvgIpc) is 3.14. The first-order chi connectivity index (χ1) is 16.1. The van der Waals surface area contributed by atoms with E-state index in [-0.39, 0.29) is 30.1 Å². The number of nitrogens with zero attached hydrogens (tertiary/aromatic N) is 2. The Morgan fingerprint density at radius 1 is 0.939 bits per heavy atom. The van der Waals surface area contributed by atoms with Crippen LogP contribution in [0.4, 0.5) is 15.8 Å². The molecule has 2 saturated heterocycles. The molecule has 0 aromatic heterocycles. The van der Waals surface area contributed by atoms with Crippen molar-refractivity contribution in [3.63, 3.8) is 0 Å². The molecular weight excluding hydrogens is 421 g/mol. The van der Waals surface area contributed by atoms with Gasteiger partial charge in [0.05, 0.1) is 44.9 Å². The van der Waals surface area contributed by atoms with Crippen LogP contribution in [0.5, 0.6) is 5.75 Å². The van der Waals surface area contributed by atoms with Crippen molar-refractivity contribution < 1.29 is 23.6 Å². The zero-order valence-electron chi connectivity index (χ0n) is 19.3. The van der Waals surface area contributed by atoms with Gasteiger partial charge in [-0.3, -0.25) is 9.59 Å². The fourth-order valence-electron chi connectivity index (χ4n) is 4.68. The largest absolute Gasteiger partial charge is 0.494 e. The lowest BCUT2D eigenvalue weighted by molar-refractivity contribution is -0.915. The number of carbonyl (C=O) groups excluding carboxylic acids is 2. The Kier molecular flexibility index (Phi) is 7.60. The molecule has 2 fully saturated rings. The van der Waals surface area contributed by atoms with Crippen molar-refractivity contribution in [1.82, 2.24) is 0 Å². The smallest absolute Gasteiger partial charge is 0.292 e. The van der Waals surface area contributed by atoms with Gasteiger partial charge >= 0.3 is 0 Å². The number of hydrogen-bond donors (Lipinski definition) is 1. The number of hydrogen-bond acceptors (Lipinski definition) is 4. The second-order valence-electron chi connectivity index (χ2n) is 8.85. The van der Waals surface area contributed by atoms with Crippen LogP contribution in [0.25, 0.3) is 0 Å². The number of anilines is 2. The molecule has 1 N–H and O–H groups in total. The van der Waals surface area contributed by atoms with Crippen LogP contribution in [0.3, 0.4) is 0 Å². The summed E-state index contributed by atoms with van der Waals surface area (Å²) in [5.74, 6) is 0.239. The van der Waals surface area contributed by atoms with Gasteiger partial charge in [-0.1, -0.05) is 26.2 Å². The number of halogens is 1. The second kappa shape index (κ2) is 10.8. The highest BCUT2D eigenvalue weighted by atomic mass is 19.1. The number of amides is 2. The topological polar surface area (TPSA) is 54.3 Å². The highest BCUT2D eigenvalue weighted by Crippen LogP contribution is 2.25. The van der Waals surface area contributed by atoms with E-state index < -0.39 is 0 Å². The van der Waals surface area contributed by atoms with E-state index in [1.165, 1.54) is 29.9 Å². The van der Waals surface area contributed by atoms with Gasteiger partial charge in [0, 0.05) is 5.69 Å². The summed E-state index contributed by atoms with van der Waals surface area (Å²) in [6.45, 7) is 5.92. The average molecular weight is 455 g/mol. The highest BCUT2D eigenvalue weighted by Gasteiger charge is 2.46. The maximum atomic E-state index is 13.2. The van der Waals surface area contributed by atoms with Crippen LogP contribution in [0.2, 0.25) is 0 Å². The molecule has 4 rings (SSSR count). The predicted octanol–water partition coefficient (Wildman–Crippen LogP) is 2.82. The van der Waals surface area contributed by atoms with E-state index in [2.05, 4.69) is 11.8 Å². The molecule has 7 heteroatoms. The highest BCUT2D eigenvalue weighted by molar-refractivity contribution is 6.21. The number of ether oxygens (including phenoxy) is 1. The Hall–Kier alpha value is -2.93. The van der Waals surface area contributed by atoms with Gasteiger partial charge in [0.1, 0.15) is 11.6 Å². The monoisotopic (exact) mass is 454 g/mol. The number of quaternary nitrogens is 1. The molecule has 1 atom stereocenters. The lowest BCUT2D eigenvalue weighted by atomic mass is 10.1. The van der Waals surface area contributed by atoms with Crippen LogP contribution in [0.15, 0.2) is 48.5 Å². The van der Waals surface area contributed by atoms with Crippen molar-refractivity contribution in [2.45, 2.75) is 45.1 Å². The van der Waals surface area contributed by atoms with Gasteiger partial charge in [-0.15, -0.1) is 0 Å². The Labute approximate surface area is 194 Å². The van der Waals surface area contributed by atoms with Crippen LogP contribution in [-0.2, 0) is 9.59 Å². The normalized spacial score (nSPS) is 19.4. The van der Waals surface area contributed by atoms with Crippen molar-refractivity contribution in [3.05, 3.63) is 54.3 Å². The molecular formula is C26H33FN3O3+. The number of benzene rings is 2. The summed E-state index contributed by atoms with van der Waals surface area (Å²) >= 11 is 0. The maximum Gasteiger partial charge on any atom is 0.292 e. The summed E-state index contributed by atoms with van der Waals surface area (Å²) in [4.78, 5) is 30.6. The summed E-state index contributed by atoms with van der Waals surface area (Å²) in [6, 6.07) is 13.4. The zero-order chi connectivity index (χ0) is 23.2. The summed E-state index contributed by atoms with van der Waals surface area (Å²) in [5.41, 5.74) is 1.59. The summed E-state index contributed by atoms with van der Waals surface area (Å²) in [5, 5.41) is 0. The van der Waals surface area contributed by atoms with Gasteiger partial charge in [0.2, 0.25) is 5.91 Å². The van der Waals surface area contributed by atoms with Crippen LogP contribution in [-0.4, -0.2) is 50.6 Å². The molecule has 2 heterocycles. The number of rotatable bonds is 9. The fraction of sp³-hybridized carbons (Fsp3) is 0.462. The van der Waals surface area contributed by atoms with Crippen LogP contribution >= 0.6 is 0 Å². The lowest BCUT2D eigenvalue weighted by Crippen LogP contribution is -3.19. The van der Waals surface area contributed by atoms with Crippen molar-refractivity contribution in [2.24, 2.45) is 0 Å². The van der Waals surface area contributed by atoms with E-state index in [0.29, 0.717) is 12.3 Å². The quantitative estimate of drug-likeness (QED) is 0.468. The van der Waals surface area contributed by atoms with Gasteiger partial charge in [0.15, 0.2) is 6.04 Å². The van der Waals surface area contributed by atoms with E-state index in [1.807, 2.05) is 12.1 Å². The Balaban J connectivity index is 1.32. The molecule has 176 valence electrons. The number of unbranched alkanes of at least 4 members (excludes halogenated alkanes) is 3. The molecule has 2 amide bonds. The third-order valence-electron chi connectivity index (χ3n) is 6.60. The summed E-state index contributed by atoms with van der Waals surface area (Å²) < 4.78 is 19.0. The molecule has 2 aromatic carbocycles. The zero-order valence-corrected chi connectivity index (χ0v) is 19.3. The van der Waals surface area contributed by atoms with Gasteiger partial charge < -0.3 is 14.5 Å². The minimum atomic E-state index is -0.345. The number of piperazine rings is 1. The SMILES string of the molecule is CCCCCCOc1ccc(N2C(=O)C[C@H]([NH+]3CCN(c4ccc(F)cc4)CC3)C2=O)cc1. The molecule has 0 unspecified atom stereocenters. The Morgan fingerprint density at radius 3 is 2.27 bits per heavy atom. The molecule has 0 radical (unpaired) electrons. The molecule has 2 aliphatic heterocycles. The second-order valence-corrected chi connectivity index (χ2v) is 8.85. The molecule has 0 saturated carbocycles. The van der Waals surface area contributed by atoms with E-state index in [0.717, 1.165) is 55.4 Å². The Bertz CT molecular complexity index is 940. The molecule has 0 spiro atoms. The van der Waals surface area contributed by atoms with Crippen LogP contribution < -0.4 is 19.4 Å². The maximum absolute atomic E-state index is 13.2. The van der Waals surface area contributed by atoms with Gasteiger partial charge in [-0.2, -0.15) is 0 Å². The first-order valence-corrected chi connectivity index (χ1v) is 12.0. The number of imide groups is 1. The minimum Gasteiger partial charge on any atom is -0.494 e. The molecule has 2 aliphatic rings. The number of nitrogens with one attached hydrogen (secondary N) is 1. The van der Waals surface area contributed by atoms with E-state index in [1.54, 1.807) is 24.3 Å². The fourth-order valence-corrected chi connectivity index (χ4v) is 4.68. The van der Waals surface area contributed by atoms with E-state index in [4.69, 9.17) is 4.74 Å². The van der Waals surface area contributed by atoms with Gasteiger partial charge in [0.25, 0.3) is 5.91 Å². The molecule has 0 aliphatic carbocycles. The minimum absolute atomic E-state index is 0.126. The standard InChI is InChI=1S/C26H32FN3O3/c1-2-3-4-5-18-33-23-12-10-22(11-13-23)30-25(31)19-24(26(30)32)29-16-14-28(15-17-29)21-8-6-20(27)7-9-21/h6-13,24H,2-5,14-19H2,1H3/p+1/t24-/m0/s1. The van der Waals surface area contributed by atoms with Crippen molar-refractivity contribution in [2.75, 3.05) is 42.6 Å². The third-order valence-corrected chi connectivity index (χ3v) is 6.60. The Morgan fingerprint density at radius 2 is 1.61 bits per heavy atom.